The SMILES string of the molecule is Nc1nc2c(ncn2[C@@H]2S[C@H](CO[PH](O)=S)[C@@H](O)[C@H]2OP(O)(=S)OC[C@@]23CO[C@@H]([C@H](n4cnc5c(N)ncnc54)O2)[C@@H]3O)c(=O)[nH]1. The number of imidazole rings is 2. The van der Waals surface area contributed by atoms with Crippen LogP contribution in [0, 0.1) is 0 Å². The summed E-state index contributed by atoms with van der Waals surface area (Å²) in [5.41, 5.74) is 10.4. The van der Waals surface area contributed by atoms with Crippen LogP contribution in [0.5, 0.6) is 0 Å². The van der Waals surface area contributed by atoms with Gasteiger partial charge in [0.2, 0.25) is 5.95 Å². The smallest absolute Gasteiger partial charge is 0.325 e. The van der Waals surface area contributed by atoms with Crippen molar-refractivity contribution in [3.05, 3.63) is 29.3 Å². The van der Waals surface area contributed by atoms with Gasteiger partial charge in [0.15, 0.2) is 36.0 Å². The molecule has 9 N–H and O–H groups in total. The van der Waals surface area contributed by atoms with Gasteiger partial charge in [-0.05, 0) is 23.6 Å². The second kappa shape index (κ2) is 12.0. The van der Waals surface area contributed by atoms with Crippen LogP contribution in [-0.2, 0) is 46.7 Å². The number of hydrogen-bond acceptors (Lipinski definition) is 18. The van der Waals surface area contributed by atoms with Gasteiger partial charge in [-0.3, -0.25) is 23.4 Å². The average molecular weight is 737 g/mol. The van der Waals surface area contributed by atoms with Crippen LogP contribution in [-0.4, -0.2) is 114 Å². The minimum absolute atomic E-state index is 0.0227. The van der Waals surface area contributed by atoms with E-state index < -0.39 is 72.9 Å². The number of aliphatic hydroxyl groups excluding tert-OH is 2. The van der Waals surface area contributed by atoms with Crippen molar-refractivity contribution in [2.24, 2.45) is 0 Å². The number of ether oxygens (including phenoxy) is 2. The average Bonchev–Trinajstić information content (AvgIpc) is 3.80. The predicted octanol–water partition coefficient (Wildman–Crippen LogP) is -1.74. The lowest BCUT2D eigenvalue weighted by atomic mass is 10.0. The van der Waals surface area contributed by atoms with Gasteiger partial charge >= 0.3 is 6.72 Å². The fourth-order valence-corrected chi connectivity index (χ4v) is 9.30. The van der Waals surface area contributed by atoms with Gasteiger partial charge in [0.1, 0.15) is 41.1 Å². The summed E-state index contributed by atoms with van der Waals surface area (Å²) in [7, 11) is -2.51. The molecule has 3 saturated heterocycles. The maximum Gasteiger partial charge on any atom is 0.325 e. The molecule has 4 aromatic rings. The van der Waals surface area contributed by atoms with Crippen LogP contribution in [0.2, 0.25) is 0 Å². The number of rotatable bonds is 10. The summed E-state index contributed by atoms with van der Waals surface area (Å²) in [6.45, 7) is -4.89. The Morgan fingerprint density at radius 3 is 2.74 bits per heavy atom. The van der Waals surface area contributed by atoms with Crippen LogP contribution >= 0.6 is 25.6 Å². The summed E-state index contributed by atoms with van der Waals surface area (Å²) in [5.74, 6) is -0.000696. The molecule has 7 rings (SSSR count). The second-order valence-electron chi connectivity index (χ2n) is 10.6. The van der Waals surface area contributed by atoms with Gasteiger partial charge in [0.05, 0.1) is 43.8 Å². The predicted molar refractivity (Wildman–Crippen MR) is 168 cm³/mol. The van der Waals surface area contributed by atoms with Crippen LogP contribution in [0.1, 0.15) is 11.6 Å². The molecule has 0 aliphatic carbocycles. The van der Waals surface area contributed by atoms with Gasteiger partial charge < -0.3 is 50.0 Å². The number of anilines is 2. The molecule has 0 amide bonds. The lowest BCUT2D eigenvalue weighted by Crippen LogP contribution is -2.45. The maximum absolute atomic E-state index is 12.4. The van der Waals surface area contributed by atoms with Crippen molar-refractivity contribution >= 4 is 83.3 Å². The van der Waals surface area contributed by atoms with Crippen LogP contribution in [0.4, 0.5) is 11.8 Å². The number of nitrogen functional groups attached to an aromatic ring is 2. The first-order valence-electron chi connectivity index (χ1n) is 13.4. The van der Waals surface area contributed by atoms with Gasteiger partial charge in [-0.1, -0.05) is 0 Å². The van der Waals surface area contributed by atoms with Gasteiger partial charge in [0.25, 0.3) is 5.56 Å². The van der Waals surface area contributed by atoms with Crippen LogP contribution in [0.3, 0.4) is 0 Å². The Hall–Kier alpha value is -2.21. The van der Waals surface area contributed by atoms with Crippen molar-refractivity contribution in [1.82, 2.24) is 39.0 Å². The molecule has 0 radical (unpaired) electrons. The van der Waals surface area contributed by atoms with Gasteiger partial charge in [0, 0.05) is 0 Å². The third-order valence-corrected chi connectivity index (χ3v) is 11.6. The first-order chi connectivity index (χ1) is 21.9. The first-order valence-corrected chi connectivity index (χ1v) is 19.4. The van der Waals surface area contributed by atoms with E-state index >= 15 is 0 Å². The van der Waals surface area contributed by atoms with E-state index in [1.54, 1.807) is 4.57 Å². The number of nitrogens with one attached hydrogen (secondary N) is 1. The topological polar surface area (TPSA) is 286 Å². The maximum atomic E-state index is 12.4. The number of nitrogens with two attached hydrogens (primary N) is 2. The highest BCUT2D eigenvalue weighted by Gasteiger charge is 2.62. The molecule has 248 valence electrons. The number of fused-ring (bicyclic) bond motifs is 4. The van der Waals surface area contributed by atoms with Gasteiger partial charge in [-0.15, -0.1) is 11.8 Å². The van der Waals surface area contributed by atoms with Gasteiger partial charge in [-0.2, -0.15) is 4.98 Å². The highest BCUT2D eigenvalue weighted by Crippen LogP contribution is 2.55. The lowest BCUT2D eigenvalue weighted by Gasteiger charge is -2.33. The molecule has 0 saturated carbocycles. The zero-order valence-electron chi connectivity index (χ0n) is 23.1. The van der Waals surface area contributed by atoms with Gasteiger partial charge in [-0.25, -0.2) is 19.9 Å². The van der Waals surface area contributed by atoms with E-state index in [0.29, 0.717) is 11.2 Å². The molecule has 2 bridgehead atoms. The highest BCUT2D eigenvalue weighted by molar-refractivity contribution is 8.07. The standard InChI is InChI=1S/C21H26N10O10P2S3/c22-14-8-15(25-4-24-14)30(5-26-8)18-12-13(33)21(40-18,2-37-12)3-39-43(36,45)41-11-10(32)7(1-38-42(35)44)46-19(11)31-6-27-9-16(31)28-20(23)29-17(9)34/h4-7,10-13,18-19,32-33,42H,1-3H2,(H,35,44)(H,36,45)(H2,22,24,25)(H3,23,28,29,34)/t7-,10-,11-,12-,13+,18-,19-,21-,43?/m1/s1. The lowest BCUT2D eigenvalue weighted by molar-refractivity contribution is -0.183. The molecule has 7 heterocycles. The second-order valence-corrected chi connectivity index (χ2v) is 16.6. The molecule has 3 aliphatic heterocycles. The minimum atomic E-state index is -4.20. The summed E-state index contributed by atoms with van der Waals surface area (Å²) in [6.07, 6.45) is -1.49. The van der Waals surface area contributed by atoms with E-state index in [4.69, 9.17) is 58.1 Å². The van der Waals surface area contributed by atoms with E-state index in [0.717, 1.165) is 11.8 Å². The van der Waals surface area contributed by atoms with Crippen molar-refractivity contribution in [2.45, 2.75) is 46.9 Å². The van der Waals surface area contributed by atoms with Crippen LogP contribution in [0.15, 0.2) is 23.8 Å². The third-order valence-electron chi connectivity index (χ3n) is 7.80. The summed E-state index contributed by atoms with van der Waals surface area (Å²) in [5, 5.41) is 20.8. The van der Waals surface area contributed by atoms with Crippen LogP contribution < -0.4 is 17.0 Å². The van der Waals surface area contributed by atoms with Crippen LogP contribution in [0.25, 0.3) is 22.3 Å². The summed E-state index contributed by atoms with van der Waals surface area (Å²) in [6, 6.07) is 0. The van der Waals surface area contributed by atoms with E-state index in [1.807, 2.05) is 0 Å². The Morgan fingerprint density at radius 2 is 1.96 bits per heavy atom. The fourth-order valence-electron chi connectivity index (χ4n) is 5.65. The Kier molecular flexibility index (Phi) is 8.46. The molecular formula is C21H26N10O10P2S3. The number of aliphatic hydroxyl groups is 2. The molecule has 3 fully saturated rings. The van der Waals surface area contributed by atoms with Crippen molar-refractivity contribution in [1.29, 1.82) is 0 Å². The number of hydrogen-bond donors (Lipinski definition) is 7. The van der Waals surface area contributed by atoms with Crippen molar-refractivity contribution < 1.29 is 43.0 Å². The van der Waals surface area contributed by atoms with Crippen molar-refractivity contribution in [3.63, 3.8) is 0 Å². The van der Waals surface area contributed by atoms with Crippen molar-refractivity contribution in [2.75, 3.05) is 31.3 Å². The molecule has 10 atom stereocenters. The van der Waals surface area contributed by atoms with E-state index in [1.165, 1.54) is 23.5 Å². The molecule has 25 heteroatoms. The Morgan fingerprint density at radius 1 is 1.20 bits per heavy atom. The molecule has 2 unspecified atom stereocenters. The number of H-pyrrole nitrogens is 1. The summed E-state index contributed by atoms with van der Waals surface area (Å²) in [4.78, 5) is 56.2. The Labute approximate surface area is 272 Å². The zero-order valence-corrected chi connectivity index (χ0v) is 27.4. The first kappa shape index (κ1) is 32.3. The number of aromatic nitrogens is 8. The third kappa shape index (κ3) is 5.56. The Balaban J connectivity index is 1.12. The Bertz CT molecular complexity index is 1950. The number of thioether (sulfide) groups is 1. The van der Waals surface area contributed by atoms with E-state index in [9.17, 15) is 24.8 Å². The summed E-state index contributed by atoms with van der Waals surface area (Å²) >= 11 is 11.2. The van der Waals surface area contributed by atoms with Crippen molar-refractivity contribution in [3.8, 4) is 0 Å². The molecule has 0 spiro atoms. The normalized spacial score (nSPS) is 32.8. The molecule has 4 aromatic heterocycles. The molecule has 20 nitrogen and oxygen atoms in total. The number of aromatic amines is 1. The summed E-state index contributed by atoms with van der Waals surface area (Å²) < 4.78 is 31.9. The highest BCUT2D eigenvalue weighted by atomic mass is 32.5. The molecular weight excluding hydrogens is 710 g/mol. The van der Waals surface area contributed by atoms with E-state index in [-0.39, 0.29) is 36.1 Å². The number of nitrogens with zero attached hydrogens (tertiary/aromatic N) is 7. The van der Waals surface area contributed by atoms with E-state index in [2.05, 4.69) is 29.9 Å². The fraction of sp³-hybridized carbons (Fsp3) is 0.524. The molecule has 3 aliphatic rings. The minimum Gasteiger partial charge on any atom is -0.389 e. The molecule has 0 aromatic carbocycles. The monoisotopic (exact) mass is 736 g/mol. The quantitative estimate of drug-likeness (QED) is 0.0889. The largest absolute Gasteiger partial charge is 0.389 e. The molecule has 46 heavy (non-hydrogen) atoms. The zero-order chi connectivity index (χ0) is 32.5.